The molecule has 1 heterocycles. The van der Waals surface area contributed by atoms with Crippen LogP contribution in [0.4, 0.5) is 0 Å². The van der Waals surface area contributed by atoms with E-state index in [2.05, 4.69) is 10.6 Å². The molecule has 0 saturated carbocycles. The molecule has 2 atom stereocenters. The maximum Gasteiger partial charge on any atom is 0.326 e. The summed E-state index contributed by atoms with van der Waals surface area (Å²) in [5.74, 6) is -1.86. The third-order valence-corrected chi connectivity index (χ3v) is 3.75. The number of aliphatic carboxylic acids is 1. The average Bonchev–Trinajstić information content (AvgIpc) is 2.75. The topological polar surface area (TPSA) is 113 Å². The van der Waals surface area contributed by atoms with Gasteiger partial charge in [0.1, 0.15) is 15.9 Å². The first-order valence-electron chi connectivity index (χ1n) is 5.74. The third kappa shape index (κ3) is 5.01. The van der Waals surface area contributed by atoms with Crippen molar-refractivity contribution >= 4 is 21.7 Å². The predicted molar refractivity (Wildman–Crippen MR) is 64.9 cm³/mol. The van der Waals surface area contributed by atoms with E-state index in [0.29, 0.717) is 6.42 Å². The van der Waals surface area contributed by atoms with Crippen LogP contribution in [0.5, 0.6) is 0 Å². The van der Waals surface area contributed by atoms with Crippen LogP contribution in [0.2, 0.25) is 0 Å². The van der Waals surface area contributed by atoms with Crippen molar-refractivity contribution < 1.29 is 23.1 Å². The van der Waals surface area contributed by atoms with Crippen molar-refractivity contribution in [2.45, 2.75) is 31.3 Å². The van der Waals surface area contributed by atoms with Crippen LogP contribution in [-0.2, 0) is 19.4 Å². The second kappa shape index (κ2) is 6.14. The van der Waals surface area contributed by atoms with Gasteiger partial charge < -0.3 is 15.7 Å². The molecule has 1 unspecified atom stereocenters. The minimum atomic E-state index is -3.24. The fraction of sp³-hybridized carbons (Fsp3) is 0.800. The Morgan fingerprint density at radius 2 is 2.17 bits per heavy atom. The maximum atomic E-state index is 11.7. The normalized spacial score (nSPS) is 21.5. The van der Waals surface area contributed by atoms with E-state index >= 15 is 0 Å². The van der Waals surface area contributed by atoms with Gasteiger partial charge in [0.05, 0.1) is 11.8 Å². The zero-order valence-corrected chi connectivity index (χ0v) is 11.0. The zero-order valence-electron chi connectivity index (χ0n) is 10.2. The number of rotatable bonds is 6. The second-order valence-corrected chi connectivity index (χ2v) is 6.73. The van der Waals surface area contributed by atoms with Crippen molar-refractivity contribution in [1.29, 1.82) is 0 Å². The number of nitrogens with one attached hydrogen (secondary N) is 2. The molecule has 1 amide bonds. The molecule has 7 nitrogen and oxygen atoms in total. The molecule has 0 bridgehead atoms. The van der Waals surface area contributed by atoms with E-state index in [-0.39, 0.29) is 24.1 Å². The van der Waals surface area contributed by atoms with Crippen molar-refractivity contribution in [3.05, 3.63) is 0 Å². The van der Waals surface area contributed by atoms with Gasteiger partial charge in [0, 0.05) is 6.26 Å². The van der Waals surface area contributed by atoms with E-state index in [1.807, 2.05) is 0 Å². The third-order valence-electron chi connectivity index (χ3n) is 2.77. The molecular weight excluding hydrogens is 260 g/mol. The molecule has 0 aliphatic carbocycles. The van der Waals surface area contributed by atoms with Gasteiger partial charge in [0.15, 0.2) is 0 Å². The fourth-order valence-corrected chi connectivity index (χ4v) is 2.43. The van der Waals surface area contributed by atoms with Crippen LogP contribution in [0.3, 0.4) is 0 Å². The van der Waals surface area contributed by atoms with Gasteiger partial charge in [0.25, 0.3) is 0 Å². The number of carbonyl (C=O) groups excluding carboxylic acids is 1. The minimum Gasteiger partial charge on any atom is -0.480 e. The highest BCUT2D eigenvalue weighted by atomic mass is 32.2. The molecule has 1 aliphatic heterocycles. The van der Waals surface area contributed by atoms with Gasteiger partial charge in [0.2, 0.25) is 5.91 Å². The van der Waals surface area contributed by atoms with Crippen LogP contribution in [0.25, 0.3) is 0 Å². The largest absolute Gasteiger partial charge is 0.480 e. The number of amides is 1. The van der Waals surface area contributed by atoms with Gasteiger partial charge in [-0.05, 0) is 25.8 Å². The first-order chi connectivity index (χ1) is 8.29. The highest BCUT2D eigenvalue weighted by Gasteiger charge is 2.27. The molecule has 0 radical (unpaired) electrons. The van der Waals surface area contributed by atoms with E-state index < -0.39 is 21.8 Å². The van der Waals surface area contributed by atoms with Gasteiger partial charge in [-0.1, -0.05) is 0 Å². The minimum absolute atomic E-state index is 0.118. The Labute approximate surface area is 106 Å². The molecule has 0 aromatic carbocycles. The quantitative estimate of drug-likeness (QED) is 0.559. The Kier molecular flexibility index (Phi) is 5.09. The molecule has 18 heavy (non-hydrogen) atoms. The highest BCUT2D eigenvalue weighted by Crippen LogP contribution is 2.06. The summed E-state index contributed by atoms with van der Waals surface area (Å²) in [6, 6.07) is -1.53. The van der Waals surface area contributed by atoms with Gasteiger partial charge in [-0.2, -0.15) is 0 Å². The van der Waals surface area contributed by atoms with Crippen molar-refractivity contribution in [3.63, 3.8) is 0 Å². The summed E-state index contributed by atoms with van der Waals surface area (Å²) < 4.78 is 22.0. The summed E-state index contributed by atoms with van der Waals surface area (Å²) >= 11 is 0. The van der Waals surface area contributed by atoms with Crippen molar-refractivity contribution in [2.75, 3.05) is 18.6 Å². The van der Waals surface area contributed by atoms with Crippen LogP contribution < -0.4 is 10.6 Å². The lowest BCUT2D eigenvalue weighted by molar-refractivity contribution is -0.142. The number of carboxylic acid groups (broad SMARTS) is 1. The van der Waals surface area contributed by atoms with Crippen LogP contribution in [0.15, 0.2) is 0 Å². The Balaban J connectivity index is 2.51. The van der Waals surface area contributed by atoms with Crippen LogP contribution in [-0.4, -0.2) is 56.0 Å². The van der Waals surface area contributed by atoms with Crippen molar-refractivity contribution in [3.8, 4) is 0 Å². The molecular formula is C10H18N2O5S. The Hall–Kier alpha value is -1.15. The number of carboxylic acids is 1. The molecule has 3 N–H and O–H groups in total. The number of carbonyl (C=O) groups is 2. The standard InChI is InChI=1S/C10H18N2O5S/c1-18(16,17)6-4-8(10(14)15)12-9(13)7-3-2-5-11-7/h7-8,11H,2-6H2,1H3,(H,12,13)(H,14,15)/t7-,8?/m0/s1. The molecule has 104 valence electrons. The van der Waals surface area contributed by atoms with Crippen LogP contribution in [0.1, 0.15) is 19.3 Å². The number of sulfone groups is 1. The molecule has 1 saturated heterocycles. The van der Waals surface area contributed by atoms with E-state index in [1.54, 1.807) is 0 Å². The molecule has 0 aromatic heterocycles. The van der Waals surface area contributed by atoms with Crippen molar-refractivity contribution in [2.24, 2.45) is 0 Å². The monoisotopic (exact) mass is 278 g/mol. The lowest BCUT2D eigenvalue weighted by atomic mass is 10.1. The van der Waals surface area contributed by atoms with Crippen LogP contribution in [0, 0.1) is 0 Å². The summed E-state index contributed by atoms with van der Waals surface area (Å²) in [5, 5.41) is 14.2. The smallest absolute Gasteiger partial charge is 0.326 e. The molecule has 8 heteroatoms. The summed E-state index contributed by atoms with van der Waals surface area (Å²) in [5.41, 5.74) is 0. The molecule has 1 aliphatic rings. The highest BCUT2D eigenvalue weighted by molar-refractivity contribution is 7.90. The Bertz CT molecular complexity index is 414. The van der Waals surface area contributed by atoms with E-state index in [0.717, 1.165) is 19.2 Å². The lowest BCUT2D eigenvalue weighted by Gasteiger charge is -2.17. The summed E-state index contributed by atoms with van der Waals surface area (Å²) in [7, 11) is -3.24. The Morgan fingerprint density at radius 3 is 2.61 bits per heavy atom. The zero-order chi connectivity index (χ0) is 13.8. The first-order valence-corrected chi connectivity index (χ1v) is 7.80. The lowest BCUT2D eigenvalue weighted by Crippen LogP contribution is -2.48. The summed E-state index contributed by atoms with van der Waals surface area (Å²) in [6.45, 7) is 0.735. The van der Waals surface area contributed by atoms with Gasteiger partial charge in [-0.25, -0.2) is 13.2 Å². The number of hydrogen-bond donors (Lipinski definition) is 3. The molecule has 1 rings (SSSR count). The molecule has 0 spiro atoms. The number of hydrogen-bond acceptors (Lipinski definition) is 5. The summed E-state index contributed by atoms with van der Waals surface area (Å²) in [4.78, 5) is 22.6. The Morgan fingerprint density at radius 1 is 1.50 bits per heavy atom. The van der Waals surface area contributed by atoms with Gasteiger partial charge in [-0.3, -0.25) is 4.79 Å². The van der Waals surface area contributed by atoms with Gasteiger partial charge >= 0.3 is 5.97 Å². The maximum absolute atomic E-state index is 11.7. The van der Waals surface area contributed by atoms with E-state index in [4.69, 9.17) is 5.11 Å². The van der Waals surface area contributed by atoms with Crippen LogP contribution >= 0.6 is 0 Å². The molecule has 1 fully saturated rings. The SMILES string of the molecule is CS(=O)(=O)CCC(NC(=O)[C@@H]1CCCN1)C(=O)O. The van der Waals surface area contributed by atoms with E-state index in [9.17, 15) is 18.0 Å². The average molecular weight is 278 g/mol. The fourth-order valence-electron chi connectivity index (χ4n) is 1.77. The van der Waals surface area contributed by atoms with Crippen molar-refractivity contribution in [1.82, 2.24) is 10.6 Å². The second-order valence-electron chi connectivity index (χ2n) is 4.47. The molecule has 0 aromatic rings. The van der Waals surface area contributed by atoms with Gasteiger partial charge in [-0.15, -0.1) is 0 Å². The van der Waals surface area contributed by atoms with E-state index in [1.165, 1.54) is 0 Å². The summed E-state index contributed by atoms with van der Waals surface area (Å²) in [6.07, 6.45) is 2.46. The first kappa shape index (κ1) is 14.9. The predicted octanol–water partition coefficient (Wildman–Crippen LogP) is -1.26.